The van der Waals surface area contributed by atoms with Crippen molar-refractivity contribution in [3.63, 3.8) is 0 Å². The minimum absolute atomic E-state index is 0.193. The number of fused-ring (bicyclic) bond motifs is 1. The molecule has 1 atom stereocenters. The number of hydrogen-bond acceptors (Lipinski definition) is 2. The molecule has 0 bridgehead atoms. The topological polar surface area (TPSA) is 56.1 Å². The molecule has 0 spiro atoms. The highest BCUT2D eigenvalue weighted by molar-refractivity contribution is 6.30. The molecule has 2 aromatic carbocycles. The van der Waals surface area contributed by atoms with Crippen LogP contribution >= 0.6 is 11.6 Å². The van der Waals surface area contributed by atoms with E-state index in [1.807, 2.05) is 18.2 Å². The van der Waals surface area contributed by atoms with Crippen LogP contribution in [-0.4, -0.2) is 17.5 Å². The maximum atomic E-state index is 12.6. The van der Waals surface area contributed by atoms with Crippen molar-refractivity contribution in [1.82, 2.24) is 4.90 Å². The van der Waals surface area contributed by atoms with Crippen LogP contribution in [0.2, 0.25) is 5.02 Å². The average Bonchev–Trinajstić information content (AvgIpc) is 2.57. The number of benzene rings is 2. The van der Waals surface area contributed by atoms with Gasteiger partial charge in [-0.25, -0.2) is 4.79 Å². The van der Waals surface area contributed by atoms with Gasteiger partial charge in [0.15, 0.2) is 0 Å². The van der Waals surface area contributed by atoms with Crippen LogP contribution in [-0.2, 0) is 6.42 Å². The standard InChI is InChI=1S/C18H16ClN3O/c19-14-5-7-15(8-6-14)21-18(23)22-12-10-13-3-1-2-4-16(13)17(22)9-11-20/h1-8,17H,9-10,12H2,(H,21,23)/t17-/m0/s1. The summed E-state index contributed by atoms with van der Waals surface area (Å²) < 4.78 is 0. The first-order valence-corrected chi connectivity index (χ1v) is 7.85. The Labute approximate surface area is 140 Å². The van der Waals surface area contributed by atoms with E-state index in [4.69, 9.17) is 16.9 Å². The molecular weight excluding hydrogens is 310 g/mol. The van der Waals surface area contributed by atoms with E-state index in [1.165, 1.54) is 5.56 Å². The first kappa shape index (κ1) is 15.4. The Kier molecular flexibility index (Phi) is 4.50. The summed E-state index contributed by atoms with van der Waals surface area (Å²) in [6.07, 6.45) is 1.08. The van der Waals surface area contributed by atoms with Gasteiger partial charge < -0.3 is 10.2 Å². The zero-order valence-corrected chi connectivity index (χ0v) is 13.3. The fourth-order valence-electron chi connectivity index (χ4n) is 2.93. The number of nitriles is 1. The highest BCUT2D eigenvalue weighted by Gasteiger charge is 2.30. The quantitative estimate of drug-likeness (QED) is 0.890. The summed E-state index contributed by atoms with van der Waals surface area (Å²) in [6, 6.07) is 16.8. The summed E-state index contributed by atoms with van der Waals surface area (Å²) in [6.45, 7) is 0.600. The number of nitrogens with one attached hydrogen (secondary N) is 1. The van der Waals surface area contributed by atoms with E-state index in [-0.39, 0.29) is 18.5 Å². The Morgan fingerprint density at radius 1 is 1.26 bits per heavy atom. The van der Waals surface area contributed by atoms with Gasteiger partial charge in [-0.05, 0) is 41.8 Å². The SMILES string of the molecule is N#CC[C@H]1c2ccccc2CCN1C(=O)Nc1ccc(Cl)cc1. The second kappa shape index (κ2) is 6.72. The van der Waals surface area contributed by atoms with Crippen LogP contribution in [0.15, 0.2) is 48.5 Å². The van der Waals surface area contributed by atoms with Crippen LogP contribution in [0.3, 0.4) is 0 Å². The third-order valence-corrected chi connectivity index (χ3v) is 4.31. The molecular formula is C18H16ClN3O. The second-order valence-electron chi connectivity index (χ2n) is 5.46. The van der Waals surface area contributed by atoms with Gasteiger partial charge in [0.1, 0.15) is 0 Å². The Bertz CT molecular complexity index is 752. The van der Waals surface area contributed by atoms with E-state index in [0.717, 1.165) is 12.0 Å². The maximum Gasteiger partial charge on any atom is 0.322 e. The molecule has 0 saturated heterocycles. The monoisotopic (exact) mass is 325 g/mol. The fourth-order valence-corrected chi connectivity index (χ4v) is 3.06. The van der Waals surface area contributed by atoms with E-state index >= 15 is 0 Å². The van der Waals surface area contributed by atoms with Crippen LogP contribution in [0, 0.1) is 11.3 Å². The van der Waals surface area contributed by atoms with Crippen LogP contribution in [0.1, 0.15) is 23.6 Å². The Balaban J connectivity index is 1.82. The first-order valence-electron chi connectivity index (χ1n) is 7.47. The molecule has 0 aliphatic carbocycles. The third-order valence-electron chi connectivity index (χ3n) is 4.05. The van der Waals surface area contributed by atoms with Crippen molar-refractivity contribution < 1.29 is 4.79 Å². The largest absolute Gasteiger partial charge is 0.322 e. The van der Waals surface area contributed by atoms with Crippen molar-refractivity contribution in [3.8, 4) is 6.07 Å². The molecule has 0 radical (unpaired) electrons. The lowest BCUT2D eigenvalue weighted by atomic mass is 9.91. The smallest absolute Gasteiger partial charge is 0.316 e. The number of hydrogen-bond donors (Lipinski definition) is 1. The predicted octanol–water partition coefficient (Wildman–Crippen LogP) is 4.38. The number of urea groups is 1. The number of nitrogens with zero attached hydrogens (tertiary/aromatic N) is 2. The van der Waals surface area contributed by atoms with Gasteiger partial charge in [-0.15, -0.1) is 0 Å². The molecule has 2 aromatic rings. The summed E-state index contributed by atoms with van der Waals surface area (Å²) in [5, 5.41) is 12.6. The number of halogens is 1. The van der Waals surface area contributed by atoms with Crippen molar-refractivity contribution in [2.24, 2.45) is 0 Å². The van der Waals surface area contributed by atoms with E-state index in [1.54, 1.807) is 29.2 Å². The van der Waals surface area contributed by atoms with E-state index in [9.17, 15) is 4.79 Å². The van der Waals surface area contributed by atoms with Gasteiger partial charge in [-0.1, -0.05) is 35.9 Å². The van der Waals surface area contributed by atoms with Crippen molar-refractivity contribution in [1.29, 1.82) is 5.26 Å². The van der Waals surface area contributed by atoms with Crippen LogP contribution in [0.5, 0.6) is 0 Å². The Morgan fingerprint density at radius 2 is 2.00 bits per heavy atom. The van der Waals surface area contributed by atoms with Crippen molar-refractivity contribution in [2.75, 3.05) is 11.9 Å². The zero-order chi connectivity index (χ0) is 16.2. The molecule has 0 aromatic heterocycles. The van der Waals surface area contributed by atoms with E-state index in [0.29, 0.717) is 17.3 Å². The molecule has 0 saturated carbocycles. The summed E-state index contributed by atoms with van der Waals surface area (Å²) in [4.78, 5) is 14.4. The molecule has 4 nitrogen and oxygen atoms in total. The molecule has 3 rings (SSSR count). The summed E-state index contributed by atoms with van der Waals surface area (Å²) in [5.74, 6) is 0. The lowest BCUT2D eigenvalue weighted by Crippen LogP contribution is -2.42. The number of amides is 2. The van der Waals surface area contributed by atoms with Crippen molar-refractivity contribution in [3.05, 3.63) is 64.7 Å². The van der Waals surface area contributed by atoms with Crippen molar-refractivity contribution >= 4 is 23.3 Å². The zero-order valence-electron chi connectivity index (χ0n) is 12.5. The molecule has 116 valence electrons. The molecule has 0 unspecified atom stereocenters. The van der Waals surface area contributed by atoms with Crippen LogP contribution < -0.4 is 5.32 Å². The van der Waals surface area contributed by atoms with Gasteiger partial charge in [0, 0.05) is 17.3 Å². The second-order valence-corrected chi connectivity index (χ2v) is 5.89. The lowest BCUT2D eigenvalue weighted by Gasteiger charge is -2.36. The van der Waals surface area contributed by atoms with Gasteiger partial charge in [0.25, 0.3) is 0 Å². The Morgan fingerprint density at radius 3 is 2.74 bits per heavy atom. The minimum atomic E-state index is -0.211. The molecule has 23 heavy (non-hydrogen) atoms. The van der Waals surface area contributed by atoms with Gasteiger partial charge in [0.2, 0.25) is 0 Å². The fraction of sp³-hybridized carbons (Fsp3) is 0.222. The number of carbonyl (C=O) groups is 1. The molecule has 5 heteroatoms. The Hall–Kier alpha value is -2.51. The number of rotatable bonds is 2. The van der Waals surface area contributed by atoms with Gasteiger partial charge >= 0.3 is 6.03 Å². The van der Waals surface area contributed by atoms with Crippen LogP contribution in [0.4, 0.5) is 10.5 Å². The molecule has 0 fully saturated rings. The third kappa shape index (κ3) is 3.30. The predicted molar refractivity (Wildman–Crippen MR) is 90.3 cm³/mol. The lowest BCUT2D eigenvalue weighted by molar-refractivity contribution is 0.183. The number of anilines is 1. The van der Waals surface area contributed by atoms with Gasteiger partial charge in [-0.3, -0.25) is 0 Å². The van der Waals surface area contributed by atoms with Crippen molar-refractivity contribution in [2.45, 2.75) is 18.9 Å². The van der Waals surface area contributed by atoms with E-state index in [2.05, 4.69) is 17.5 Å². The highest BCUT2D eigenvalue weighted by Crippen LogP contribution is 2.32. The molecule has 1 aliphatic heterocycles. The average molecular weight is 326 g/mol. The van der Waals surface area contributed by atoms with Crippen LogP contribution in [0.25, 0.3) is 0 Å². The normalized spacial score (nSPS) is 16.3. The van der Waals surface area contributed by atoms with Gasteiger partial charge in [0.05, 0.1) is 18.5 Å². The molecule has 2 amide bonds. The maximum absolute atomic E-state index is 12.6. The van der Waals surface area contributed by atoms with Gasteiger partial charge in [-0.2, -0.15) is 5.26 Å². The number of carbonyl (C=O) groups excluding carboxylic acids is 1. The molecule has 1 heterocycles. The summed E-state index contributed by atoms with van der Waals surface area (Å²) in [7, 11) is 0. The highest BCUT2D eigenvalue weighted by atomic mass is 35.5. The minimum Gasteiger partial charge on any atom is -0.316 e. The molecule has 1 aliphatic rings. The molecule has 1 N–H and O–H groups in total. The summed E-state index contributed by atoms with van der Waals surface area (Å²) in [5.41, 5.74) is 2.96. The first-order chi connectivity index (χ1) is 11.2. The van der Waals surface area contributed by atoms with E-state index < -0.39 is 0 Å². The summed E-state index contributed by atoms with van der Waals surface area (Å²) >= 11 is 5.86.